The first-order valence-corrected chi connectivity index (χ1v) is 2.96. The minimum absolute atomic E-state index is 0.122. The van der Waals surface area contributed by atoms with Crippen LogP contribution in [0.3, 0.4) is 0 Å². The Morgan fingerprint density at radius 3 is 2.09 bits per heavy atom. The number of hydrogen-bond donors (Lipinski definition) is 1. The molecule has 1 amide bonds. The molecule has 0 heterocycles. The van der Waals surface area contributed by atoms with E-state index in [1.807, 2.05) is 0 Å². The molecule has 0 bridgehead atoms. The van der Waals surface area contributed by atoms with E-state index in [4.69, 9.17) is 0 Å². The second-order valence-electron chi connectivity index (χ2n) is 2.18. The predicted octanol–water partition coefficient (Wildman–Crippen LogP) is -0.424. The molecule has 0 atom stereocenters. The summed E-state index contributed by atoms with van der Waals surface area (Å²) in [5.74, 6) is -2.33. The van der Waals surface area contributed by atoms with E-state index < -0.39 is 23.9 Å². The number of carbonyl (C=O) groups excluding carboxylic acids is 3. The number of carbonyl (C=O) groups is 3. The molecule has 0 saturated carbocycles. The van der Waals surface area contributed by atoms with Crippen molar-refractivity contribution in [2.75, 3.05) is 0 Å². The maximum absolute atomic E-state index is 10.7. The number of rotatable bonds is 4. The van der Waals surface area contributed by atoms with Gasteiger partial charge in [0.15, 0.2) is 0 Å². The monoisotopic (exact) mass is 155 g/mol. The molecule has 0 unspecified atom stereocenters. The van der Waals surface area contributed by atoms with Gasteiger partial charge in [-0.15, -0.1) is 0 Å². The van der Waals surface area contributed by atoms with Crippen LogP contribution in [0.25, 0.3) is 0 Å². The van der Waals surface area contributed by atoms with Crippen LogP contribution in [0, 0.1) is 0 Å². The van der Waals surface area contributed by atoms with Crippen molar-refractivity contribution in [3.63, 3.8) is 0 Å². The first-order valence-electron chi connectivity index (χ1n) is 2.96. The van der Waals surface area contributed by atoms with Gasteiger partial charge in [-0.2, -0.15) is 0 Å². The summed E-state index contributed by atoms with van der Waals surface area (Å²) >= 11 is 0. The summed E-state index contributed by atoms with van der Waals surface area (Å²) in [6.07, 6.45) is -0.536. The number of primary amides is 1. The number of hydrogen-bond acceptors (Lipinski definition) is 3. The number of allylic oxidation sites excluding steroid dienone is 1. The maximum atomic E-state index is 10.7. The van der Waals surface area contributed by atoms with E-state index >= 15 is 0 Å². The summed E-state index contributed by atoms with van der Waals surface area (Å²) in [5, 5.41) is 0. The van der Waals surface area contributed by atoms with E-state index in [1.165, 1.54) is 6.92 Å². The zero-order chi connectivity index (χ0) is 9.02. The van der Waals surface area contributed by atoms with Gasteiger partial charge in [-0.1, -0.05) is 6.58 Å². The molecule has 0 radical (unpaired) electrons. The largest absolute Gasteiger partial charge is 0.369 e. The summed E-state index contributed by atoms with van der Waals surface area (Å²) < 4.78 is 0. The zero-order valence-corrected chi connectivity index (χ0v) is 6.22. The van der Waals surface area contributed by atoms with Crippen molar-refractivity contribution in [3.05, 3.63) is 12.2 Å². The summed E-state index contributed by atoms with van der Waals surface area (Å²) in [6.45, 7) is 4.66. The predicted molar refractivity (Wildman–Crippen MR) is 38.6 cm³/mol. The van der Waals surface area contributed by atoms with Gasteiger partial charge in [-0.3, -0.25) is 14.4 Å². The van der Waals surface area contributed by atoms with Crippen LogP contribution in [0.15, 0.2) is 12.2 Å². The molecule has 0 saturated heterocycles. The Bertz CT molecular complexity index is 230. The van der Waals surface area contributed by atoms with Crippen LogP contribution in [-0.4, -0.2) is 17.5 Å². The van der Waals surface area contributed by atoms with Gasteiger partial charge in [0.1, 0.15) is 0 Å². The maximum Gasteiger partial charge on any atom is 0.225 e. The Morgan fingerprint density at radius 1 is 1.36 bits per heavy atom. The Hall–Kier alpha value is -1.45. The summed E-state index contributed by atoms with van der Waals surface area (Å²) in [6, 6.07) is 0. The van der Waals surface area contributed by atoms with E-state index in [0.717, 1.165) is 0 Å². The highest BCUT2D eigenvalue weighted by Gasteiger charge is 2.15. The van der Waals surface area contributed by atoms with Gasteiger partial charge in [-0.05, 0) is 12.5 Å². The van der Waals surface area contributed by atoms with Crippen LogP contribution in [-0.2, 0) is 14.4 Å². The van der Waals surface area contributed by atoms with Crippen molar-refractivity contribution in [3.8, 4) is 0 Å². The SMILES string of the molecule is C=C(C)C(=O)C(=O)CC(N)=O. The summed E-state index contributed by atoms with van der Waals surface area (Å²) in [7, 11) is 0. The van der Waals surface area contributed by atoms with Crippen LogP contribution in [0.1, 0.15) is 13.3 Å². The lowest BCUT2D eigenvalue weighted by Gasteiger charge is -1.94. The molecule has 11 heavy (non-hydrogen) atoms. The van der Waals surface area contributed by atoms with Crippen LogP contribution < -0.4 is 5.73 Å². The third kappa shape index (κ3) is 3.30. The first-order chi connectivity index (χ1) is 4.95. The molecule has 0 aliphatic carbocycles. The number of amides is 1. The fraction of sp³-hybridized carbons (Fsp3) is 0.286. The van der Waals surface area contributed by atoms with Gasteiger partial charge in [0.2, 0.25) is 17.5 Å². The fourth-order valence-corrected chi connectivity index (χ4v) is 0.477. The molecule has 60 valence electrons. The van der Waals surface area contributed by atoms with Gasteiger partial charge >= 0.3 is 0 Å². The lowest BCUT2D eigenvalue weighted by Crippen LogP contribution is -2.22. The molecule has 0 aliphatic rings. The molecule has 0 spiro atoms. The highest BCUT2D eigenvalue weighted by atomic mass is 16.2. The Kier molecular flexibility index (Phi) is 3.17. The molecule has 0 fully saturated rings. The lowest BCUT2D eigenvalue weighted by molar-refractivity contribution is -0.136. The normalized spacial score (nSPS) is 8.82. The van der Waals surface area contributed by atoms with Crippen molar-refractivity contribution in [2.24, 2.45) is 5.73 Å². The highest BCUT2D eigenvalue weighted by molar-refractivity contribution is 6.45. The molecule has 0 aromatic rings. The van der Waals surface area contributed by atoms with Crippen LogP contribution in [0.4, 0.5) is 0 Å². The minimum atomic E-state index is -0.801. The highest BCUT2D eigenvalue weighted by Crippen LogP contribution is 1.94. The van der Waals surface area contributed by atoms with Crippen molar-refractivity contribution >= 4 is 17.5 Å². The molecule has 0 aromatic heterocycles. The average Bonchev–Trinajstić information content (AvgIpc) is 1.84. The topological polar surface area (TPSA) is 77.2 Å². The first kappa shape index (κ1) is 9.55. The summed E-state index contributed by atoms with van der Waals surface area (Å²) in [5.41, 5.74) is 4.81. The van der Waals surface area contributed by atoms with Gasteiger partial charge in [0.05, 0.1) is 6.42 Å². The molecular weight excluding hydrogens is 146 g/mol. The molecule has 4 heteroatoms. The van der Waals surface area contributed by atoms with Crippen molar-refractivity contribution in [1.82, 2.24) is 0 Å². The van der Waals surface area contributed by atoms with Crippen LogP contribution >= 0.6 is 0 Å². The molecule has 0 rings (SSSR count). The van der Waals surface area contributed by atoms with E-state index in [1.54, 1.807) is 0 Å². The zero-order valence-electron chi connectivity index (χ0n) is 6.22. The van der Waals surface area contributed by atoms with E-state index in [0.29, 0.717) is 0 Å². The third-order valence-corrected chi connectivity index (χ3v) is 0.976. The number of ketones is 2. The quantitative estimate of drug-likeness (QED) is 0.340. The van der Waals surface area contributed by atoms with E-state index in [2.05, 4.69) is 12.3 Å². The standard InChI is InChI=1S/C7H9NO3/c1-4(2)7(11)5(9)3-6(8)10/h1,3H2,2H3,(H2,8,10). The molecule has 0 aliphatic heterocycles. The molecular formula is C7H9NO3. The smallest absolute Gasteiger partial charge is 0.225 e. The third-order valence-electron chi connectivity index (χ3n) is 0.976. The molecule has 0 aromatic carbocycles. The van der Waals surface area contributed by atoms with Gasteiger partial charge in [-0.25, -0.2) is 0 Å². The van der Waals surface area contributed by atoms with E-state index in [-0.39, 0.29) is 5.57 Å². The Balaban J connectivity index is 4.16. The van der Waals surface area contributed by atoms with Crippen molar-refractivity contribution < 1.29 is 14.4 Å². The molecule has 2 N–H and O–H groups in total. The van der Waals surface area contributed by atoms with Crippen molar-refractivity contribution in [1.29, 1.82) is 0 Å². The second kappa shape index (κ2) is 3.65. The van der Waals surface area contributed by atoms with Crippen LogP contribution in [0.2, 0.25) is 0 Å². The summed E-state index contributed by atoms with van der Waals surface area (Å²) in [4.78, 5) is 31.6. The van der Waals surface area contributed by atoms with E-state index in [9.17, 15) is 14.4 Å². The number of Topliss-reactive ketones (excluding diaryl/α,β-unsaturated/α-hetero) is 2. The lowest BCUT2D eigenvalue weighted by atomic mass is 10.1. The second-order valence-corrected chi connectivity index (χ2v) is 2.18. The van der Waals surface area contributed by atoms with Gasteiger partial charge in [0, 0.05) is 0 Å². The van der Waals surface area contributed by atoms with Crippen molar-refractivity contribution in [2.45, 2.75) is 13.3 Å². The molecule has 4 nitrogen and oxygen atoms in total. The number of nitrogens with two attached hydrogens (primary N) is 1. The van der Waals surface area contributed by atoms with Gasteiger partial charge in [0.25, 0.3) is 0 Å². The van der Waals surface area contributed by atoms with Crippen LogP contribution in [0.5, 0.6) is 0 Å². The fourth-order valence-electron chi connectivity index (χ4n) is 0.477. The minimum Gasteiger partial charge on any atom is -0.369 e. The average molecular weight is 155 g/mol. The Labute approximate surface area is 64.1 Å². The van der Waals surface area contributed by atoms with Gasteiger partial charge < -0.3 is 5.73 Å². The Morgan fingerprint density at radius 2 is 1.82 bits per heavy atom.